The molecule has 1 saturated heterocycles. The Balaban J connectivity index is 1.31. The molecule has 0 bridgehead atoms. The minimum Gasteiger partial charge on any atom is -0.497 e. The third-order valence-corrected chi connectivity index (χ3v) is 5.88. The number of amides is 1. The number of hydrogen-bond acceptors (Lipinski definition) is 6. The molecule has 32 heavy (non-hydrogen) atoms. The number of benzene rings is 2. The van der Waals surface area contributed by atoms with Crippen LogP contribution in [0.3, 0.4) is 0 Å². The number of aromatic nitrogens is 2. The van der Waals surface area contributed by atoms with E-state index < -0.39 is 0 Å². The summed E-state index contributed by atoms with van der Waals surface area (Å²) in [7, 11) is 5.65. The number of nitrogens with one attached hydrogen (secondary N) is 1. The summed E-state index contributed by atoms with van der Waals surface area (Å²) in [5.41, 5.74) is 3.77. The van der Waals surface area contributed by atoms with Crippen LogP contribution in [0, 0.1) is 5.92 Å². The first-order valence-corrected chi connectivity index (χ1v) is 10.8. The van der Waals surface area contributed by atoms with Crippen molar-refractivity contribution in [1.29, 1.82) is 0 Å². The van der Waals surface area contributed by atoms with Crippen molar-refractivity contribution >= 4 is 23.1 Å². The fourth-order valence-corrected chi connectivity index (χ4v) is 3.87. The summed E-state index contributed by atoms with van der Waals surface area (Å²) in [5.74, 6) is 1.76. The number of carbonyl (C=O) groups excluding carboxylic acids is 1. The van der Waals surface area contributed by atoms with E-state index in [1.165, 1.54) is 0 Å². The van der Waals surface area contributed by atoms with E-state index >= 15 is 0 Å². The molecule has 1 fully saturated rings. The molecule has 0 aliphatic carbocycles. The second-order valence-electron chi connectivity index (χ2n) is 8.20. The molecule has 3 aromatic rings. The van der Waals surface area contributed by atoms with Crippen molar-refractivity contribution < 1.29 is 9.53 Å². The highest BCUT2D eigenvalue weighted by Crippen LogP contribution is 2.25. The summed E-state index contributed by atoms with van der Waals surface area (Å²) in [6.07, 6.45) is 1.59. The lowest BCUT2D eigenvalue weighted by molar-refractivity contribution is -0.120. The molecular weight excluding hydrogens is 402 g/mol. The zero-order valence-corrected chi connectivity index (χ0v) is 18.8. The second kappa shape index (κ2) is 9.68. The fraction of sp³-hybridized carbons (Fsp3) is 0.320. The van der Waals surface area contributed by atoms with Crippen LogP contribution in [-0.4, -0.2) is 50.4 Å². The van der Waals surface area contributed by atoms with Gasteiger partial charge in [-0.3, -0.25) is 4.79 Å². The van der Waals surface area contributed by atoms with Gasteiger partial charge in [0.25, 0.3) is 0 Å². The van der Waals surface area contributed by atoms with Gasteiger partial charge in [-0.25, -0.2) is 0 Å². The summed E-state index contributed by atoms with van der Waals surface area (Å²) >= 11 is 0. The van der Waals surface area contributed by atoms with E-state index in [9.17, 15) is 4.79 Å². The topological polar surface area (TPSA) is 70.6 Å². The number of nitrogens with zero attached hydrogens (tertiary/aromatic N) is 4. The third kappa shape index (κ3) is 4.99. The number of carbonyl (C=O) groups is 1. The number of ether oxygens (including phenoxy) is 1. The SMILES string of the molecule is COc1ccc(-c2ccc(N3CCC(C(=O)Nc4ccc(N(C)C)cc4)CC3)nn2)cc1. The van der Waals surface area contributed by atoms with Crippen molar-refractivity contribution in [2.45, 2.75) is 12.8 Å². The van der Waals surface area contributed by atoms with E-state index in [0.717, 1.165) is 60.1 Å². The van der Waals surface area contributed by atoms with Gasteiger partial charge in [0.15, 0.2) is 5.82 Å². The van der Waals surface area contributed by atoms with Crippen molar-refractivity contribution in [3.63, 3.8) is 0 Å². The van der Waals surface area contributed by atoms with Gasteiger partial charge in [-0.05, 0) is 73.5 Å². The molecular formula is C25H29N5O2. The zero-order chi connectivity index (χ0) is 22.5. The van der Waals surface area contributed by atoms with Crippen LogP contribution in [0.15, 0.2) is 60.7 Å². The molecule has 7 nitrogen and oxygen atoms in total. The molecule has 1 N–H and O–H groups in total. The molecule has 0 unspecified atom stereocenters. The Morgan fingerprint density at radius 2 is 1.66 bits per heavy atom. The Morgan fingerprint density at radius 1 is 0.969 bits per heavy atom. The van der Waals surface area contributed by atoms with E-state index in [-0.39, 0.29) is 11.8 Å². The van der Waals surface area contributed by atoms with E-state index in [4.69, 9.17) is 4.74 Å². The van der Waals surface area contributed by atoms with Crippen LogP contribution in [0.2, 0.25) is 0 Å². The van der Waals surface area contributed by atoms with Gasteiger partial charge in [0, 0.05) is 50.0 Å². The molecule has 0 atom stereocenters. The molecule has 0 radical (unpaired) electrons. The molecule has 0 saturated carbocycles. The van der Waals surface area contributed by atoms with E-state index in [2.05, 4.69) is 20.4 Å². The van der Waals surface area contributed by atoms with Crippen molar-refractivity contribution in [3.8, 4) is 17.0 Å². The Bertz CT molecular complexity index is 1030. The van der Waals surface area contributed by atoms with Gasteiger partial charge in [0.05, 0.1) is 12.8 Å². The first kappa shape index (κ1) is 21.6. The van der Waals surface area contributed by atoms with E-state index in [1.54, 1.807) is 7.11 Å². The lowest BCUT2D eigenvalue weighted by atomic mass is 9.95. The summed E-state index contributed by atoms with van der Waals surface area (Å²) < 4.78 is 5.20. The molecule has 1 aromatic heterocycles. The van der Waals surface area contributed by atoms with Crippen molar-refractivity contribution in [3.05, 3.63) is 60.7 Å². The van der Waals surface area contributed by atoms with Gasteiger partial charge in [-0.15, -0.1) is 10.2 Å². The summed E-state index contributed by atoms with van der Waals surface area (Å²) in [6, 6.07) is 19.7. The van der Waals surface area contributed by atoms with E-state index in [1.807, 2.05) is 79.7 Å². The molecule has 1 aliphatic rings. The van der Waals surface area contributed by atoms with Gasteiger partial charge >= 0.3 is 0 Å². The Kier molecular flexibility index (Phi) is 6.54. The lowest BCUT2D eigenvalue weighted by Gasteiger charge is -2.31. The predicted molar refractivity (Wildman–Crippen MR) is 128 cm³/mol. The van der Waals surface area contributed by atoms with Crippen LogP contribution in [0.25, 0.3) is 11.3 Å². The zero-order valence-electron chi connectivity index (χ0n) is 18.8. The number of methoxy groups -OCH3 is 1. The standard InChI is InChI=1S/C25H29N5O2/c1-29(2)21-8-6-20(7-9-21)26-25(31)19-14-16-30(17-15-19)24-13-12-23(27-28-24)18-4-10-22(32-3)11-5-18/h4-13,19H,14-17H2,1-3H3,(H,26,31). The van der Waals surface area contributed by atoms with Crippen LogP contribution in [0.4, 0.5) is 17.2 Å². The number of rotatable bonds is 6. The third-order valence-electron chi connectivity index (χ3n) is 5.88. The maximum absolute atomic E-state index is 12.7. The molecule has 2 aromatic carbocycles. The first-order chi connectivity index (χ1) is 15.5. The van der Waals surface area contributed by atoms with Crippen LogP contribution >= 0.6 is 0 Å². The minimum absolute atomic E-state index is 0.00584. The van der Waals surface area contributed by atoms with Crippen molar-refractivity contribution in [2.75, 3.05) is 49.4 Å². The number of hydrogen-bond donors (Lipinski definition) is 1. The number of anilines is 3. The van der Waals surface area contributed by atoms with Gasteiger partial charge in [-0.1, -0.05) is 0 Å². The normalized spacial score (nSPS) is 14.2. The molecule has 2 heterocycles. The predicted octanol–water partition coefficient (Wildman–Crippen LogP) is 4.07. The fourth-order valence-electron chi connectivity index (χ4n) is 3.87. The Morgan fingerprint density at radius 3 is 2.22 bits per heavy atom. The highest BCUT2D eigenvalue weighted by molar-refractivity contribution is 5.92. The van der Waals surface area contributed by atoms with Gasteiger partial charge in [0.1, 0.15) is 5.75 Å². The largest absolute Gasteiger partial charge is 0.497 e. The van der Waals surface area contributed by atoms with E-state index in [0.29, 0.717) is 0 Å². The molecule has 4 rings (SSSR count). The molecule has 166 valence electrons. The summed E-state index contributed by atoms with van der Waals surface area (Å²) in [6.45, 7) is 1.57. The minimum atomic E-state index is 0.00584. The number of piperidine rings is 1. The monoisotopic (exact) mass is 431 g/mol. The maximum atomic E-state index is 12.7. The van der Waals surface area contributed by atoms with Crippen LogP contribution < -0.4 is 19.9 Å². The Labute approximate surface area is 189 Å². The van der Waals surface area contributed by atoms with Crippen LogP contribution in [-0.2, 0) is 4.79 Å². The lowest BCUT2D eigenvalue weighted by Crippen LogP contribution is -2.38. The molecule has 0 spiro atoms. The van der Waals surface area contributed by atoms with Gasteiger partial charge in [-0.2, -0.15) is 0 Å². The summed E-state index contributed by atoms with van der Waals surface area (Å²) in [4.78, 5) is 16.9. The Hall–Kier alpha value is -3.61. The quantitative estimate of drug-likeness (QED) is 0.634. The summed E-state index contributed by atoms with van der Waals surface area (Å²) in [5, 5.41) is 11.9. The average Bonchev–Trinajstić information content (AvgIpc) is 2.84. The highest BCUT2D eigenvalue weighted by Gasteiger charge is 2.26. The highest BCUT2D eigenvalue weighted by atomic mass is 16.5. The maximum Gasteiger partial charge on any atom is 0.227 e. The molecule has 1 aliphatic heterocycles. The average molecular weight is 432 g/mol. The van der Waals surface area contributed by atoms with Crippen molar-refractivity contribution in [2.24, 2.45) is 5.92 Å². The van der Waals surface area contributed by atoms with Gasteiger partial charge in [0.2, 0.25) is 5.91 Å². The first-order valence-electron chi connectivity index (χ1n) is 10.8. The molecule has 7 heteroatoms. The van der Waals surface area contributed by atoms with Gasteiger partial charge < -0.3 is 19.9 Å². The second-order valence-corrected chi connectivity index (χ2v) is 8.20. The smallest absolute Gasteiger partial charge is 0.227 e. The van der Waals surface area contributed by atoms with Crippen molar-refractivity contribution in [1.82, 2.24) is 10.2 Å². The molecule has 1 amide bonds. The van der Waals surface area contributed by atoms with Crippen LogP contribution in [0.5, 0.6) is 5.75 Å². The van der Waals surface area contributed by atoms with Crippen LogP contribution in [0.1, 0.15) is 12.8 Å².